The summed E-state index contributed by atoms with van der Waals surface area (Å²) >= 11 is 0. The minimum absolute atomic E-state index is 0.165. The highest BCUT2D eigenvalue weighted by molar-refractivity contribution is 6.00. The normalized spacial score (nSPS) is 14.2. The number of likely N-dealkylation sites (tertiary alicyclic amines) is 1. The SMILES string of the molecule is COc1cc(C)c(NC(=O)/C=C/CN2CCCCC2)cc1Nc1nccc(-n2ccc3cccnc32)n1. The summed E-state index contributed by atoms with van der Waals surface area (Å²) in [6, 6.07) is 11.5. The maximum absolute atomic E-state index is 12.6. The zero-order chi connectivity index (χ0) is 25.6. The molecule has 1 amide bonds. The molecule has 0 bridgehead atoms. The Balaban J connectivity index is 1.33. The lowest BCUT2D eigenvalue weighted by Crippen LogP contribution is -2.29. The number of hydrogen-bond donors (Lipinski definition) is 2. The van der Waals surface area contributed by atoms with Gasteiger partial charge >= 0.3 is 0 Å². The molecule has 1 saturated heterocycles. The third-order valence-electron chi connectivity index (χ3n) is 6.47. The van der Waals surface area contributed by atoms with E-state index in [0.717, 1.165) is 36.2 Å². The van der Waals surface area contributed by atoms with Crippen LogP contribution in [0.25, 0.3) is 16.9 Å². The van der Waals surface area contributed by atoms with Crippen molar-refractivity contribution in [2.45, 2.75) is 26.2 Å². The number of amides is 1. The fourth-order valence-electron chi connectivity index (χ4n) is 4.52. The predicted octanol–water partition coefficient (Wildman–Crippen LogP) is 4.86. The van der Waals surface area contributed by atoms with Gasteiger partial charge in [0.25, 0.3) is 0 Å². The van der Waals surface area contributed by atoms with Gasteiger partial charge in [0.15, 0.2) is 0 Å². The smallest absolute Gasteiger partial charge is 0.248 e. The third-order valence-corrected chi connectivity index (χ3v) is 6.47. The van der Waals surface area contributed by atoms with E-state index in [9.17, 15) is 4.79 Å². The van der Waals surface area contributed by atoms with Crippen molar-refractivity contribution in [3.8, 4) is 11.6 Å². The van der Waals surface area contributed by atoms with Crippen LogP contribution in [0, 0.1) is 6.92 Å². The van der Waals surface area contributed by atoms with Crippen molar-refractivity contribution >= 4 is 34.3 Å². The van der Waals surface area contributed by atoms with Crippen LogP contribution in [0.1, 0.15) is 24.8 Å². The van der Waals surface area contributed by atoms with Gasteiger partial charge in [0.05, 0.1) is 12.8 Å². The minimum Gasteiger partial charge on any atom is -0.495 e. The van der Waals surface area contributed by atoms with Crippen LogP contribution in [-0.2, 0) is 4.79 Å². The van der Waals surface area contributed by atoms with Crippen LogP contribution in [0.5, 0.6) is 5.75 Å². The molecule has 0 spiro atoms. The zero-order valence-corrected chi connectivity index (χ0v) is 21.1. The highest BCUT2D eigenvalue weighted by Gasteiger charge is 2.13. The number of piperidine rings is 1. The Morgan fingerprint density at radius 3 is 2.78 bits per heavy atom. The van der Waals surface area contributed by atoms with Crippen molar-refractivity contribution in [3.05, 3.63) is 72.7 Å². The summed E-state index contributed by atoms with van der Waals surface area (Å²) in [5.41, 5.74) is 3.04. The Bertz CT molecular complexity index is 1420. The number of rotatable bonds is 8. The second-order valence-electron chi connectivity index (χ2n) is 9.09. The van der Waals surface area contributed by atoms with Gasteiger partial charge in [-0.1, -0.05) is 12.5 Å². The first-order valence-electron chi connectivity index (χ1n) is 12.5. The lowest BCUT2D eigenvalue weighted by Gasteiger charge is -2.24. The Morgan fingerprint density at radius 2 is 1.95 bits per heavy atom. The quantitative estimate of drug-likeness (QED) is 0.336. The summed E-state index contributed by atoms with van der Waals surface area (Å²) in [6.45, 7) is 4.92. The molecule has 4 heterocycles. The Labute approximate surface area is 216 Å². The van der Waals surface area contributed by atoms with Crippen LogP contribution in [0.4, 0.5) is 17.3 Å². The van der Waals surface area contributed by atoms with E-state index in [1.54, 1.807) is 25.6 Å². The second kappa shape index (κ2) is 11.2. The number of nitrogens with zero attached hydrogens (tertiary/aromatic N) is 5. The molecule has 37 heavy (non-hydrogen) atoms. The molecular weight excluding hydrogens is 466 g/mol. The van der Waals surface area contributed by atoms with E-state index in [1.807, 2.05) is 60.2 Å². The molecule has 5 rings (SSSR count). The first-order chi connectivity index (χ1) is 18.1. The van der Waals surface area contributed by atoms with Gasteiger partial charge in [-0.3, -0.25) is 14.3 Å². The van der Waals surface area contributed by atoms with Gasteiger partial charge in [-0.15, -0.1) is 0 Å². The largest absolute Gasteiger partial charge is 0.495 e. The number of nitrogens with one attached hydrogen (secondary N) is 2. The molecule has 0 aliphatic carbocycles. The average molecular weight is 498 g/mol. The molecule has 9 heteroatoms. The lowest BCUT2D eigenvalue weighted by molar-refractivity contribution is -0.111. The number of carbonyl (C=O) groups is 1. The number of benzene rings is 1. The summed E-state index contributed by atoms with van der Waals surface area (Å²) in [5.74, 6) is 1.54. The molecule has 1 aliphatic heterocycles. The second-order valence-corrected chi connectivity index (χ2v) is 9.09. The predicted molar refractivity (Wildman–Crippen MR) is 146 cm³/mol. The molecule has 4 aromatic rings. The first-order valence-corrected chi connectivity index (χ1v) is 12.5. The van der Waals surface area contributed by atoms with Crippen LogP contribution < -0.4 is 15.4 Å². The van der Waals surface area contributed by atoms with Crippen LogP contribution in [-0.4, -0.2) is 57.1 Å². The van der Waals surface area contributed by atoms with Crippen LogP contribution in [0.15, 0.2) is 67.1 Å². The monoisotopic (exact) mass is 497 g/mol. The fraction of sp³-hybridized carbons (Fsp3) is 0.286. The van der Waals surface area contributed by atoms with Gasteiger partial charge in [0, 0.05) is 42.3 Å². The van der Waals surface area contributed by atoms with Crippen LogP contribution >= 0.6 is 0 Å². The van der Waals surface area contributed by atoms with E-state index in [1.165, 1.54) is 19.3 Å². The Morgan fingerprint density at radius 1 is 1.08 bits per heavy atom. The highest BCUT2D eigenvalue weighted by atomic mass is 16.5. The number of methoxy groups -OCH3 is 1. The minimum atomic E-state index is -0.165. The van der Waals surface area contributed by atoms with Gasteiger partial charge in [-0.05, 0) is 74.8 Å². The van der Waals surface area contributed by atoms with E-state index in [2.05, 4.69) is 30.5 Å². The Hall–Kier alpha value is -4.24. The summed E-state index contributed by atoms with van der Waals surface area (Å²) in [4.78, 5) is 28.5. The van der Waals surface area contributed by atoms with Gasteiger partial charge in [0.1, 0.15) is 17.2 Å². The van der Waals surface area contributed by atoms with Gasteiger partial charge in [-0.25, -0.2) is 9.97 Å². The van der Waals surface area contributed by atoms with Gasteiger partial charge < -0.3 is 15.4 Å². The van der Waals surface area contributed by atoms with E-state index in [-0.39, 0.29) is 5.91 Å². The number of hydrogen-bond acceptors (Lipinski definition) is 7. The topological polar surface area (TPSA) is 97.2 Å². The van der Waals surface area contributed by atoms with E-state index >= 15 is 0 Å². The molecule has 190 valence electrons. The number of carbonyl (C=O) groups excluding carboxylic acids is 1. The van der Waals surface area contributed by atoms with Crippen molar-refractivity contribution in [1.29, 1.82) is 0 Å². The molecule has 1 aromatic carbocycles. The third kappa shape index (κ3) is 5.78. The fourth-order valence-corrected chi connectivity index (χ4v) is 4.52. The van der Waals surface area contributed by atoms with E-state index in [4.69, 9.17) is 4.74 Å². The van der Waals surface area contributed by atoms with E-state index in [0.29, 0.717) is 28.9 Å². The van der Waals surface area contributed by atoms with Crippen molar-refractivity contribution in [3.63, 3.8) is 0 Å². The van der Waals surface area contributed by atoms with Crippen molar-refractivity contribution in [1.82, 2.24) is 24.4 Å². The molecule has 0 saturated carbocycles. The molecule has 0 atom stereocenters. The first kappa shape index (κ1) is 24.5. The number of pyridine rings is 1. The maximum Gasteiger partial charge on any atom is 0.248 e. The molecule has 9 nitrogen and oxygen atoms in total. The number of anilines is 3. The lowest BCUT2D eigenvalue weighted by atomic mass is 10.1. The summed E-state index contributed by atoms with van der Waals surface area (Å²) in [6.07, 6.45) is 12.7. The summed E-state index contributed by atoms with van der Waals surface area (Å²) in [5, 5.41) is 7.26. The maximum atomic E-state index is 12.6. The number of ether oxygens (including phenoxy) is 1. The molecule has 0 radical (unpaired) electrons. The molecular formula is C28H31N7O2. The highest BCUT2D eigenvalue weighted by Crippen LogP contribution is 2.33. The van der Waals surface area contributed by atoms with E-state index < -0.39 is 0 Å². The number of aromatic nitrogens is 4. The molecule has 2 N–H and O–H groups in total. The number of fused-ring (bicyclic) bond motifs is 1. The average Bonchev–Trinajstić information content (AvgIpc) is 3.35. The summed E-state index contributed by atoms with van der Waals surface area (Å²) < 4.78 is 7.50. The summed E-state index contributed by atoms with van der Waals surface area (Å²) in [7, 11) is 1.61. The van der Waals surface area contributed by atoms with Crippen molar-refractivity contribution < 1.29 is 9.53 Å². The van der Waals surface area contributed by atoms with Crippen LogP contribution in [0.2, 0.25) is 0 Å². The molecule has 1 fully saturated rings. The van der Waals surface area contributed by atoms with Gasteiger partial charge in [0.2, 0.25) is 11.9 Å². The zero-order valence-electron chi connectivity index (χ0n) is 21.1. The number of aryl methyl sites for hydroxylation is 1. The van der Waals surface area contributed by atoms with Crippen molar-refractivity contribution in [2.75, 3.05) is 37.4 Å². The molecule has 1 aliphatic rings. The Kier molecular flexibility index (Phi) is 7.41. The molecule has 0 unspecified atom stereocenters. The standard InChI is InChI=1S/C28H31N7O2/c1-20-18-24(37-2)23(19-22(20)31-26(36)9-7-16-34-14-4-3-5-15-34)32-28-30-13-10-25(33-28)35-17-11-21-8-6-12-29-27(21)35/h6-13,17-19H,3-5,14-16H2,1-2H3,(H,31,36)(H,30,32,33)/b9-7+. The van der Waals surface area contributed by atoms with Gasteiger partial charge in [-0.2, -0.15) is 4.98 Å². The van der Waals surface area contributed by atoms with Crippen LogP contribution in [0.3, 0.4) is 0 Å². The van der Waals surface area contributed by atoms with Crippen molar-refractivity contribution in [2.24, 2.45) is 0 Å². The molecule has 3 aromatic heterocycles.